The Balaban J connectivity index is 0. The number of hydrogen-bond donors (Lipinski definition) is 5. The van der Waals surface area contributed by atoms with E-state index in [4.69, 9.17) is 0 Å². The molecular formula is H110F7I4K7N5PSV18Y. The van der Waals surface area contributed by atoms with Gasteiger partial charge in [-0.15, -0.1) is 95.9 Å². The molecular weight excluding hydrogens is 2050 g/mol. The van der Waals surface area contributed by atoms with Crippen LogP contribution >= 0.6 is 119 Å². The smallest absolute Gasteiger partial charge is 1.00 e. The van der Waals surface area contributed by atoms with Gasteiger partial charge in [-0.25, -0.2) is 0 Å². The van der Waals surface area contributed by atoms with Crippen LogP contribution in [-0.2, 0) is 367 Å². The van der Waals surface area contributed by atoms with E-state index in [0.29, 0.717) is 0 Å². The van der Waals surface area contributed by atoms with Crippen molar-refractivity contribution in [2.45, 2.75) is 0 Å². The Hall–Kier alpha value is 26.1. The molecule has 15 N–H and O–H groups in total. The molecule has 5 nitrogen and oxygen atoms in total. The van der Waals surface area contributed by atoms with E-state index in [1.165, 1.54) is 0 Å². The van der Waals surface area contributed by atoms with Crippen molar-refractivity contribution in [2.75, 3.05) is 0 Å². The van der Waals surface area contributed by atoms with Crippen molar-refractivity contribution in [1.82, 2.24) is 30.8 Å². The van der Waals surface area contributed by atoms with Crippen molar-refractivity contribution in [2.24, 2.45) is 0 Å². The SMILES string of the molecule is F.F.F.F.F.I.I.I.I.N.N.N.N.N.P.S.[2HH].[2HH].[3HH].[3HH].[3HH].[3HH].[3HH].[3HH].[3HH].[3HH].[3HH].[3HH].[3HH].[3HH].[3HH].[3HH].[3HH].[3HH].[3HH].[F-].[F-].[H-].[H-].[H-].[H-].[H-].[HH].[HH].[HH].[HH].[HH].[HH].[HH].[HH].[HH].[HH].[HH].[HH].[HH].[HH].[HH].[HH].[HH].[HH].[HH].[K+].[K+].[K+].[K+].[K+].[K+].[K+].[V].[V].[V].[V].[V].[V].[V].[V].[V].[V].[V].[V].[V].[V].[V].[V].[V].[V].[Y]. The monoisotopic (exact) mass is 2200 g/mol. The first-order valence-electron chi connectivity index (χ1n) is 0. The summed E-state index contributed by atoms with van der Waals surface area (Å²) in [7, 11) is 0. The van der Waals surface area contributed by atoms with Crippen molar-refractivity contribution < 1.29 is 821 Å². The molecule has 0 saturated heterocycles. The van der Waals surface area contributed by atoms with E-state index in [2.05, 4.69) is 0 Å². The van der Waals surface area contributed by atoms with Crippen molar-refractivity contribution in [1.29, 1.82) is 0 Å². The molecule has 0 aromatic carbocycles. The van der Waals surface area contributed by atoms with Crippen LogP contribution in [0.3, 0.4) is 0 Å². The summed E-state index contributed by atoms with van der Waals surface area (Å²) in [5, 5.41) is 0. The first-order chi connectivity index (χ1) is 0. The second-order valence-electron chi connectivity index (χ2n) is 0. The van der Waals surface area contributed by atoms with Crippen molar-refractivity contribution in [3.63, 3.8) is 0 Å². The van der Waals surface area contributed by atoms with Crippen LogP contribution < -0.4 is 400 Å². The predicted octanol–water partition coefficient (Wildman–Crippen LogP) is -12.9. The largest absolute Gasteiger partial charge is 1.00 e. The molecule has 0 bridgehead atoms. The minimum absolute atomic E-state index is 0. The van der Waals surface area contributed by atoms with E-state index >= 15 is 0 Å². The third-order valence-corrected chi connectivity index (χ3v) is 0. The molecule has 1 atom stereocenters. The normalized spacial score (nSPS) is 0. The molecule has 0 aliphatic carbocycles. The Bertz CT molecular complexity index is 193. The fourth-order valence-electron chi connectivity index (χ4n) is 0. The minimum atomic E-state index is 0. The van der Waals surface area contributed by atoms with Crippen LogP contribution in [0.5, 0.6) is 0 Å². The predicted molar refractivity (Wildman–Crippen MR) is 207 cm³/mol. The minimum Gasteiger partial charge on any atom is -1.00 e. The van der Waals surface area contributed by atoms with Crippen LogP contribution in [0.15, 0.2) is 0 Å². The van der Waals surface area contributed by atoms with Crippen LogP contribution in [-0.4, -0.2) is 0 Å². The average molecular weight is 2200 g/mol. The third kappa shape index (κ3) is 450. The third-order valence-electron chi connectivity index (χ3n) is 0. The molecule has 44 heteroatoms. The molecule has 0 fully saturated rings. The summed E-state index contributed by atoms with van der Waals surface area (Å²) in [5.74, 6) is 0. The molecule has 0 aliphatic heterocycles. The van der Waals surface area contributed by atoms with Gasteiger partial charge in [0.25, 0.3) is 0 Å². The number of hydrogen-bond acceptors (Lipinski definition) is 5. The van der Waals surface area contributed by atoms with Gasteiger partial charge in [-0.3, -0.25) is 23.5 Å². The van der Waals surface area contributed by atoms with Crippen LogP contribution in [0.25, 0.3) is 0 Å². The Kier molecular flexibility index (Phi) is 5260. The first-order valence-corrected chi connectivity index (χ1v) is 0. The Morgan fingerprint density at radius 3 is 0.295 bits per heavy atom. The summed E-state index contributed by atoms with van der Waals surface area (Å²) < 4.78 is 0. The van der Waals surface area contributed by atoms with E-state index in [1.54, 1.807) is 0 Å². The maximum absolute atomic E-state index is 0. The zero-order valence-electron chi connectivity index (χ0n) is 29.8. The van der Waals surface area contributed by atoms with Crippen molar-refractivity contribution in [3.05, 3.63) is 0 Å². The Morgan fingerprint density at radius 1 is 0.295 bits per heavy atom. The quantitative estimate of drug-likeness (QED) is 0.0701. The van der Waals surface area contributed by atoms with Crippen molar-refractivity contribution >= 4 is 119 Å². The van der Waals surface area contributed by atoms with Gasteiger partial charge in [-0.1, -0.05) is 0 Å². The zero-order valence-corrected chi connectivity index (χ0v) is 86.4. The molecule has 1 unspecified atom stereocenters. The second-order valence-corrected chi connectivity index (χ2v) is 0. The van der Waals surface area contributed by atoms with Gasteiger partial charge in [0.05, 0.1) is 0 Å². The van der Waals surface area contributed by atoms with Crippen molar-refractivity contribution in [3.8, 4) is 0 Å². The van der Waals surface area contributed by atoms with E-state index < -0.39 is 0 Å². The van der Waals surface area contributed by atoms with E-state index in [9.17, 15) is 0 Å². The topological polar surface area (TPSA) is 175 Å². The number of rotatable bonds is 0. The molecule has 0 aromatic heterocycles. The fraction of sp³-hybridized carbons (Fsp3) is 0. The summed E-state index contributed by atoms with van der Waals surface area (Å²) >= 11 is 0. The average Bonchev–Trinajstić information content (AvgIpc) is 0. The molecule has 0 spiro atoms. The van der Waals surface area contributed by atoms with Gasteiger partial charge >= 0.3 is 360 Å². The van der Waals surface area contributed by atoms with Gasteiger partial charge in [-0.2, -0.15) is 23.4 Å². The maximum Gasteiger partial charge on any atom is 1.00 e. The molecule has 0 aliphatic rings. The second kappa shape index (κ2) is 471. The van der Waals surface area contributed by atoms with Gasteiger partial charge in [0, 0.05) is 421 Å². The first kappa shape index (κ1) is 492. The zero-order chi connectivity index (χ0) is 0. The maximum atomic E-state index is 0. The van der Waals surface area contributed by atoms with Gasteiger partial charge in [0.1, 0.15) is 0 Å². The van der Waals surface area contributed by atoms with Gasteiger partial charge in [0.15, 0.2) is 0 Å². The molecule has 0 saturated carbocycles. The van der Waals surface area contributed by atoms with Gasteiger partial charge < -0.3 is 47.3 Å². The van der Waals surface area contributed by atoms with Gasteiger partial charge in [0.2, 0.25) is 0 Å². The van der Waals surface area contributed by atoms with Crippen LogP contribution in [0.4, 0.5) is 23.5 Å². The summed E-state index contributed by atoms with van der Waals surface area (Å²) in [6.45, 7) is 0. The van der Waals surface area contributed by atoms with Crippen LogP contribution in [0, 0.1) is 0 Å². The molecule has 0 rings (SSSR count). The molecule has 44 heavy (non-hydrogen) atoms. The molecule has 19 radical (unpaired) electrons. The summed E-state index contributed by atoms with van der Waals surface area (Å²) in [6, 6.07) is 0. The fourth-order valence-corrected chi connectivity index (χ4v) is 0. The Morgan fingerprint density at radius 2 is 0.295 bits per heavy atom. The molecule has 0 aromatic rings. The summed E-state index contributed by atoms with van der Waals surface area (Å²) in [5.41, 5.74) is 0. The van der Waals surface area contributed by atoms with Gasteiger partial charge in [-0.05, 0) is 0 Å². The molecule has 0 amide bonds. The Labute approximate surface area is 943 Å². The van der Waals surface area contributed by atoms with Crippen LogP contribution in [0.1, 0.15) is 61.3 Å². The van der Waals surface area contributed by atoms with Crippen LogP contribution in [0.2, 0.25) is 0 Å². The summed E-state index contributed by atoms with van der Waals surface area (Å²) in [4.78, 5) is 0. The molecule has 323 valence electrons. The standard InChI is InChI=1S/7FH.4HI.7K.5H3N.H3P.H2S.18V.Y.38H2.5H/h11*1H;;;;;;;;6*1H3;1H2;;;;;;;;;;;;;;;;;;;;38*1H;;;;;/q;;;;;;;;;;;7*+1;;;;;;;;;;;;;;;;;;;;;;;;;;;;;;;;;;;;;;;;;;;;;;;;;;;;;;;;;;;;;;;;;5*-1/p-2/i;;;;;;;;;;;;;;;;;;;;;;;;;;;;;;;;;;;;;;;;;;;;17*1+2;2*1+1;;;;;;;;;;;;;;;;;;;;;;;;. The number of halogens is 11. The van der Waals surface area contributed by atoms with E-state index in [0.717, 1.165) is 0 Å². The van der Waals surface area contributed by atoms with E-state index in [-0.39, 0.29) is 971 Å². The van der Waals surface area contributed by atoms with E-state index in [1.807, 2.05) is 0 Å². The molecule has 0 heterocycles. The summed E-state index contributed by atoms with van der Waals surface area (Å²) in [6.07, 6.45) is 0.